The van der Waals surface area contributed by atoms with Gasteiger partial charge in [0.2, 0.25) is 5.75 Å². The zero-order chi connectivity index (χ0) is 23.1. The van der Waals surface area contributed by atoms with Gasteiger partial charge in [-0.15, -0.1) is 8.78 Å². The van der Waals surface area contributed by atoms with E-state index in [9.17, 15) is 13.3 Å². The molecule has 3 aromatic rings. The van der Waals surface area contributed by atoms with Crippen LogP contribution in [-0.2, 0) is 8.99 Å². The first-order chi connectivity index (χ1) is 15.2. The molecule has 0 fully saturated rings. The summed E-state index contributed by atoms with van der Waals surface area (Å²) in [5, 5.41) is 1.61. The van der Waals surface area contributed by atoms with Crippen LogP contribution in [0.1, 0.15) is 23.6 Å². The maximum atomic E-state index is 15.0. The van der Waals surface area contributed by atoms with Crippen LogP contribution in [0.5, 0.6) is 17.2 Å². The second-order valence-electron chi connectivity index (χ2n) is 7.55. The first-order valence-electron chi connectivity index (χ1n) is 10.1. The Morgan fingerprint density at radius 2 is 1.44 bits per heavy atom. The summed E-state index contributed by atoms with van der Waals surface area (Å²) in [6.45, 7) is 5.87. The van der Waals surface area contributed by atoms with E-state index in [2.05, 4.69) is 22.6 Å². The molecule has 0 atom stereocenters. The molecule has 1 aliphatic rings. The van der Waals surface area contributed by atoms with Gasteiger partial charge in [0, 0.05) is 25.9 Å². The minimum absolute atomic E-state index is 0.0859. The smallest absolute Gasteiger partial charge is 0.490 e. The summed E-state index contributed by atoms with van der Waals surface area (Å²) in [5.74, 6) is -0.195. The molecule has 1 heterocycles. The highest BCUT2D eigenvalue weighted by atomic mass is 127. The van der Waals surface area contributed by atoms with Crippen molar-refractivity contribution in [3.05, 3.63) is 71.3 Å². The first-order valence-corrected chi connectivity index (χ1v) is 13.3. The van der Waals surface area contributed by atoms with Crippen LogP contribution in [-0.4, -0.2) is 12.9 Å². The maximum absolute atomic E-state index is 15.0. The molecule has 0 saturated heterocycles. The summed E-state index contributed by atoms with van der Waals surface area (Å²) in [4.78, 5) is 0. The number of rotatable bonds is 6. The molecule has 0 amide bonds. The summed E-state index contributed by atoms with van der Waals surface area (Å²) in [6.07, 6.45) is -3.81. The van der Waals surface area contributed by atoms with E-state index in [-0.39, 0.29) is 23.9 Å². The van der Waals surface area contributed by atoms with Crippen LogP contribution in [0.2, 0.25) is 0 Å². The predicted molar refractivity (Wildman–Crippen MR) is 130 cm³/mol. The molecule has 1 aliphatic heterocycles. The second kappa shape index (κ2) is 8.67. The van der Waals surface area contributed by atoms with Crippen LogP contribution < -0.4 is 30.1 Å². The molecule has 0 N–H and O–H groups in total. The van der Waals surface area contributed by atoms with Gasteiger partial charge < -0.3 is 18.8 Å². The van der Waals surface area contributed by atoms with Gasteiger partial charge in [-0.3, -0.25) is 0 Å². The Hall–Kier alpha value is -2.12. The van der Waals surface area contributed by atoms with Crippen LogP contribution in [0.3, 0.4) is 0 Å². The van der Waals surface area contributed by atoms with Gasteiger partial charge in [0.1, 0.15) is 0 Å². The Morgan fingerprint density at radius 1 is 0.938 bits per heavy atom. The molecule has 8 heteroatoms. The Morgan fingerprint density at radius 3 is 1.91 bits per heavy atom. The quantitative estimate of drug-likeness (QED) is 0.220. The van der Waals surface area contributed by atoms with Crippen molar-refractivity contribution in [1.29, 1.82) is 0 Å². The van der Waals surface area contributed by atoms with Gasteiger partial charge in [-0.1, -0.05) is 82.2 Å². The van der Waals surface area contributed by atoms with Crippen molar-refractivity contribution < 1.29 is 27.6 Å². The van der Waals surface area contributed by atoms with Gasteiger partial charge in [-0.25, -0.2) is 0 Å². The lowest BCUT2D eigenvalue weighted by Crippen LogP contribution is -2.28. The van der Waals surface area contributed by atoms with Gasteiger partial charge in [0.25, 0.3) is 0 Å². The topological polar surface area (TPSA) is 44.8 Å². The van der Waals surface area contributed by atoms with E-state index in [4.69, 9.17) is 14.2 Å². The average molecular weight is 570 g/mol. The van der Waals surface area contributed by atoms with Gasteiger partial charge >= 0.3 is 6.29 Å². The third kappa shape index (κ3) is 4.01. The molecule has 32 heavy (non-hydrogen) atoms. The highest BCUT2D eigenvalue weighted by Gasteiger charge is 2.48. The van der Waals surface area contributed by atoms with Crippen molar-refractivity contribution in [3.8, 4) is 17.2 Å². The lowest BCUT2D eigenvalue weighted by Gasteiger charge is -2.24. The second-order valence-corrected chi connectivity index (χ2v) is 11.0. The molecule has 0 radical (unpaired) electrons. The van der Waals surface area contributed by atoms with Crippen molar-refractivity contribution in [2.45, 2.75) is 31.5 Å². The van der Waals surface area contributed by atoms with Crippen molar-refractivity contribution in [1.82, 2.24) is 0 Å². The lowest BCUT2D eigenvalue weighted by molar-refractivity contribution is -0.287. The largest absolute Gasteiger partial charge is 0.586 e. The number of halogens is 3. The molecule has 4 rings (SSSR count). The molecule has 0 aromatic heterocycles. The van der Waals surface area contributed by atoms with E-state index in [0.717, 1.165) is 11.1 Å². The molecular weight excluding hydrogens is 548 g/mol. The van der Waals surface area contributed by atoms with Crippen LogP contribution in [0, 0.1) is 13.8 Å². The average Bonchev–Trinajstić information content (AvgIpc) is 3.09. The fourth-order valence-electron chi connectivity index (χ4n) is 3.71. The van der Waals surface area contributed by atoms with E-state index in [1.807, 2.05) is 62.4 Å². The monoisotopic (exact) mass is 570 g/mol. The first kappa shape index (κ1) is 23.1. The van der Waals surface area contributed by atoms with Gasteiger partial charge in [0.15, 0.2) is 18.6 Å². The Kier molecular flexibility index (Phi) is 6.25. The SMILES string of the molecule is CCOc1cc(P(=O)(c2ccc(C)cc2)c2ccc(C)cc2)c(CI)c2c1OC(F)(F)O2. The van der Waals surface area contributed by atoms with Crippen LogP contribution in [0.25, 0.3) is 0 Å². The van der Waals surface area contributed by atoms with Gasteiger partial charge in [-0.05, 0) is 26.8 Å². The lowest BCUT2D eigenvalue weighted by atomic mass is 10.2. The zero-order valence-electron chi connectivity index (χ0n) is 17.8. The summed E-state index contributed by atoms with van der Waals surface area (Å²) in [7, 11) is -3.46. The van der Waals surface area contributed by atoms with Crippen molar-refractivity contribution in [2.24, 2.45) is 0 Å². The molecule has 0 aliphatic carbocycles. The van der Waals surface area contributed by atoms with Crippen LogP contribution >= 0.6 is 29.7 Å². The maximum Gasteiger partial charge on any atom is 0.586 e. The third-order valence-corrected chi connectivity index (χ3v) is 9.18. The fourth-order valence-corrected chi connectivity index (χ4v) is 7.63. The van der Waals surface area contributed by atoms with Crippen molar-refractivity contribution in [3.63, 3.8) is 0 Å². The summed E-state index contributed by atoms with van der Waals surface area (Å²) >= 11 is 2.06. The van der Waals surface area contributed by atoms with E-state index < -0.39 is 13.4 Å². The third-order valence-electron chi connectivity index (χ3n) is 5.29. The molecule has 168 valence electrons. The van der Waals surface area contributed by atoms with Crippen molar-refractivity contribution in [2.75, 3.05) is 6.61 Å². The Labute approximate surface area is 199 Å². The van der Waals surface area contributed by atoms with E-state index in [1.165, 1.54) is 0 Å². The highest BCUT2D eigenvalue weighted by Crippen LogP contribution is 2.54. The fraction of sp³-hybridized carbons (Fsp3) is 0.250. The van der Waals surface area contributed by atoms with Gasteiger partial charge in [-0.2, -0.15) is 0 Å². The minimum atomic E-state index is -3.81. The molecular formula is C24H22F2IO4P. The minimum Gasteiger partial charge on any atom is -0.490 e. The van der Waals surface area contributed by atoms with Crippen LogP contribution in [0.15, 0.2) is 54.6 Å². The predicted octanol–water partition coefficient (Wildman–Crippen LogP) is 5.60. The van der Waals surface area contributed by atoms with Crippen molar-refractivity contribution >= 4 is 45.6 Å². The number of benzene rings is 3. The summed E-state index contributed by atoms with van der Waals surface area (Å²) in [6, 6.07) is 16.4. The highest BCUT2D eigenvalue weighted by molar-refractivity contribution is 14.1. The number of alkyl halides is 3. The number of hydrogen-bond acceptors (Lipinski definition) is 4. The Bertz CT molecular complexity index is 1140. The number of ether oxygens (including phenoxy) is 3. The molecule has 0 saturated carbocycles. The number of fused-ring (bicyclic) bond motifs is 1. The van der Waals surface area contributed by atoms with Gasteiger partial charge in [0.05, 0.1) is 6.61 Å². The molecule has 4 nitrogen and oxygen atoms in total. The summed E-state index contributed by atoms with van der Waals surface area (Å²) < 4.78 is 58.7. The van der Waals surface area contributed by atoms with Crippen LogP contribution in [0.4, 0.5) is 8.78 Å². The zero-order valence-corrected chi connectivity index (χ0v) is 20.9. The number of aryl methyl sites for hydroxylation is 2. The normalized spacial score (nSPS) is 14.4. The molecule has 3 aromatic carbocycles. The molecule has 0 spiro atoms. The van der Waals surface area contributed by atoms with E-state index in [0.29, 0.717) is 25.9 Å². The molecule has 0 unspecified atom stereocenters. The van der Waals surface area contributed by atoms with E-state index in [1.54, 1.807) is 13.0 Å². The summed E-state index contributed by atoms with van der Waals surface area (Å²) in [5.41, 5.74) is 2.46. The Balaban J connectivity index is 2.06. The van der Waals surface area contributed by atoms with E-state index >= 15 is 0 Å². The standard InChI is InChI=1S/C24H22F2IO4P/c1-4-29-20-13-21(19(14-27)22-23(20)31-24(25,26)30-22)32(28,17-9-5-15(2)6-10-17)18-11-7-16(3)8-12-18/h5-13H,4,14H2,1-3H3. The molecule has 0 bridgehead atoms. The number of hydrogen-bond donors (Lipinski definition) is 0.